The van der Waals surface area contributed by atoms with Gasteiger partial charge in [0.15, 0.2) is 0 Å². The maximum atomic E-state index is 4.59. The molecule has 1 aromatic heterocycles. The van der Waals surface area contributed by atoms with Crippen LogP contribution in [-0.4, -0.2) is 9.97 Å². The molecule has 1 aliphatic carbocycles. The van der Waals surface area contributed by atoms with Crippen molar-refractivity contribution in [3.63, 3.8) is 0 Å². The second-order valence-electron chi connectivity index (χ2n) is 4.12. The first-order valence-electron chi connectivity index (χ1n) is 4.90. The Kier molecular flexibility index (Phi) is 1.44. The zero-order valence-corrected chi connectivity index (χ0v) is 7.75. The number of fused-ring (bicyclic) bond motifs is 1. The quantitative estimate of drug-likeness (QED) is 0.697. The summed E-state index contributed by atoms with van der Waals surface area (Å²) in [6.07, 6.45) is 3.26. The zero-order valence-electron chi connectivity index (χ0n) is 7.75. The molecule has 2 heterocycles. The van der Waals surface area contributed by atoms with Crippen LogP contribution >= 0.6 is 0 Å². The van der Waals surface area contributed by atoms with Crippen LogP contribution in [0, 0.1) is 5.92 Å². The molecule has 68 valence electrons. The number of hydrogen-bond acceptors (Lipinski definition) is 3. The Morgan fingerprint density at radius 1 is 1.46 bits per heavy atom. The minimum absolute atomic E-state index is 0.644. The molecule has 2 atom stereocenters. The fourth-order valence-corrected chi connectivity index (χ4v) is 1.93. The molecule has 1 saturated carbocycles. The number of nitrogens with one attached hydrogen (secondary N) is 1. The van der Waals surface area contributed by atoms with Crippen LogP contribution < -0.4 is 5.32 Å². The summed E-state index contributed by atoms with van der Waals surface area (Å²) in [4.78, 5) is 9.00. The predicted octanol–water partition coefficient (Wildman–Crippen LogP) is 1.20. The van der Waals surface area contributed by atoms with E-state index in [0.717, 1.165) is 24.8 Å². The van der Waals surface area contributed by atoms with Gasteiger partial charge in [0, 0.05) is 30.8 Å². The lowest BCUT2D eigenvalue weighted by Crippen LogP contribution is -2.01. The molecule has 13 heavy (non-hydrogen) atoms. The van der Waals surface area contributed by atoms with E-state index < -0.39 is 0 Å². The standard InChI is InChI=1S/C10H13N3/c1-6-2-8(6)10-12-4-7-3-11-5-9(7)13-10/h4,6,8,11H,2-3,5H2,1H3. The summed E-state index contributed by atoms with van der Waals surface area (Å²) in [6, 6.07) is 0. The summed E-state index contributed by atoms with van der Waals surface area (Å²) in [5.74, 6) is 2.51. The van der Waals surface area contributed by atoms with E-state index in [1.54, 1.807) is 0 Å². The molecule has 1 N–H and O–H groups in total. The molecule has 1 aromatic rings. The van der Waals surface area contributed by atoms with Gasteiger partial charge in [-0.2, -0.15) is 0 Å². The van der Waals surface area contributed by atoms with E-state index in [1.165, 1.54) is 17.7 Å². The number of nitrogens with zero attached hydrogens (tertiary/aromatic N) is 2. The van der Waals surface area contributed by atoms with E-state index in [4.69, 9.17) is 0 Å². The highest BCUT2D eigenvalue weighted by Gasteiger charge is 2.36. The van der Waals surface area contributed by atoms with Crippen molar-refractivity contribution in [2.24, 2.45) is 5.92 Å². The van der Waals surface area contributed by atoms with E-state index in [1.807, 2.05) is 6.20 Å². The lowest BCUT2D eigenvalue weighted by molar-refractivity contribution is 0.753. The third-order valence-electron chi connectivity index (χ3n) is 3.02. The fraction of sp³-hybridized carbons (Fsp3) is 0.600. The molecule has 1 aliphatic heterocycles. The number of rotatable bonds is 1. The third kappa shape index (κ3) is 1.15. The molecular formula is C10H13N3. The Hall–Kier alpha value is -0.960. The van der Waals surface area contributed by atoms with Gasteiger partial charge in [0.2, 0.25) is 0 Å². The first-order chi connectivity index (χ1) is 6.34. The lowest BCUT2D eigenvalue weighted by Gasteiger charge is -2.00. The fourth-order valence-electron chi connectivity index (χ4n) is 1.93. The molecule has 0 aromatic carbocycles. The molecule has 0 bridgehead atoms. The lowest BCUT2D eigenvalue weighted by atomic mass is 10.2. The Balaban J connectivity index is 1.96. The maximum absolute atomic E-state index is 4.59. The summed E-state index contributed by atoms with van der Waals surface area (Å²) >= 11 is 0. The highest BCUT2D eigenvalue weighted by Crippen LogP contribution is 2.45. The van der Waals surface area contributed by atoms with Crippen molar-refractivity contribution >= 4 is 0 Å². The largest absolute Gasteiger partial charge is 0.307 e. The monoisotopic (exact) mass is 175 g/mol. The SMILES string of the molecule is CC1CC1c1ncc2c(n1)CNC2. The smallest absolute Gasteiger partial charge is 0.131 e. The van der Waals surface area contributed by atoms with Crippen LogP contribution in [0.2, 0.25) is 0 Å². The van der Waals surface area contributed by atoms with Gasteiger partial charge in [0.1, 0.15) is 5.82 Å². The van der Waals surface area contributed by atoms with Crippen molar-refractivity contribution in [1.29, 1.82) is 0 Å². The predicted molar refractivity (Wildman–Crippen MR) is 49.1 cm³/mol. The first-order valence-corrected chi connectivity index (χ1v) is 4.90. The van der Waals surface area contributed by atoms with E-state index in [0.29, 0.717) is 5.92 Å². The van der Waals surface area contributed by atoms with Crippen LogP contribution in [-0.2, 0) is 13.1 Å². The van der Waals surface area contributed by atoms with E-state index in [-0.39, 0.29) is 0 Å². The first kappa shape index (κ1) is 7.44. The van der Waals surface area contributed by atoms with Crippen LogP contribution in [0.5, 0.6) is 0 Å². The van der Waals surface area contributed by atoms with Crippen molar-refractivity contribution in [2.45, 2.75) is 32.4 Å². The normalized spacial score (nSPS) is 30.2. The average Bonchev–Trinajstić information content (AvgIpc) is 2.70. The summed E-state index contributed by atoms with van der Waals surface area (Å²) in [5, 5.41) is 3.28. The summed E-state index contributed by atoms with van der Waals surface area (Å²) in [7, 11) is 0. The van der Waals surface area contributed by atoms with Crippen LogP contribution in [0.3, 0.4) is 0 Å². The molecular weight excluding hydrogens is 162 g/mol. The van der Waals surface area contributed by atoms with Crippen molar-refractivity contribution in [2.75, 3.05) is 0 Å². The summed E-state index contributed by atoms with van der Waals surface area (Å²) in [6.45, 7) is 4.13. The topological polar surface area (TPSA) is 37.8 Å². The second-order valence-corrected chi connectivity index (χ2v) is 4.12. The molecule has 3 nitrogen and oxygen atoms in total. The number of aromatic nitrogens is 2. The highest BCUT2D eigenvalue weighted by atomic mass is 15.0. The van der Waals surface area contributed by atoms with Gasteiger partial charge in [-0.25, -0.2) is 9.97 Å². The van der Waals surface area contributed by atoms with Gasteiger partial charge in [-0.05, 0) is 12.3 Å². The van der Waals surface area contributed by atoms with Crippen LogP contribution in [0.15, 0.2) is 6.20 Å². The second kappa shape index (κ2) is 2.51. The molecule has 0 amide bonds. The summed E-state index contributed by atoms with van der Waals surface area (Å²) in [5.41, 5.74) is 2.49. The van der Waals surface area contributed by atoms with E-state index >= 15 is 0 Å². The molecule has 3 rings (SSSR count). The molecule has 0 radical (unpaired) electrons. The molecule has 2 unspecified atom stereocenters. The van der Waals surface area contributed by atoms with Gasteiger partial charge in [-0.1, -0.05) is 6.92 Å². The van der Waals surface area contributed by atoms with E-state index in [9.17, 15) is 0 Å². The van der Waals surface area contributed by atoms with Crippen LogP contribution in [0.1, 0.15) is 36.3 Å². The Labute approximate surface area is 77.6 Å². The Morgan fingerprint density at radius 3 is 3.08 bits per heavy atom. The third-order valence-corrected chi connectivity index (χ3v) is 3.02. The molecule has 1 fully saturated rings. The minimum atomic E-state index is 0.644. The van der Waals surface area contributed by atoms with Gasteiger partial charge in [-0.3, -0.25) is 0 Å². The van der Waals surface area contributed by atoms with Gasteiger partial charge < -0.3 is 5.32 Å². The van der Waals surface area contributed by atoms with Crippen molar-refractivity contribution < 1.29 is 0 Å². The highest BCUT2D eigenvalue weighted by molar-refractivity contribution is 5.23. The minimum Gasteiger partial charge on any atom is -0.307 e. The Morgan fingerprint density at radius 2 is 2.31 bits per heavy atom. The molecule has 2 aliphatic rings. The number of hydrogen-bond donors (Lipinski definition) is 1. The van der Waals surface area contributed by atoms with Gasteiger partial charge >= 0.3 is 0 Å². The average molecular weight is 175 g/mol. The zero-order chi connectivity index (χ0) is 8.84. The molecule has 0 saturated heterocycles. The van der Waals surface area contributed by atoms with Crippen LogP contribution in [0.4, 0.5) is 0 Å². The van der Waals surface area contributed by atoms with Crippen molar-refractivity contribution in [1.82, 2.24) is 15.3 Å². The van der Waals surface area contributed by atoms with Gasteiger partial charge in [-0.15, -0.1) is 0 Å². The van der Waals surface area contributed by atoms with Crippen molar-refractivity contribution in [3.05, 3.63) is 23.3 Å². The Bertz CT molecular complexity index is 348. The van der Waals surface area contributed by atoms with Gasteiger partial charge in [0.05, 0.1) is 5.69 Å². The molecule has 3 heteroatoms. The maximum Gasteiger partial charge on any atom is 0.131 e. The van der Waals surface area contributed by atoms with E-state index in [2.05, 4.69) is 22.2 Å². The van der Waals surface area contributed by atoms with Crippen molar-refractivity contribution in [3.8, 4) is 0 Å². The molecule has 0 spiro atoms. The summed E-state index contributed by atoms with van der Waals surface area (Å²) < 4.78 is 0. The van der Waals surface area contributed by atoms with Gasteiger partial charge in [0.25, 0.3) is 0 Å². The van der Waals surface area contributed by atoms with Crippen LogP contribution in [0.25, 0.3) is 0 Å².